The van der Waals surface area contributed by atoms with E-state index in [4.69, 9.17) is 0 Å². The minimum atomic E-state index is -0.446. The van der Waals surface area contributed by atoms with Gasteiger partial charge < -0.3 is 4.90 Å². The van der Waals surface area contributed by atoms with Crippen molar-refractivity contribution in [2.45, 2.75) is 84.6 Å². The lowest BCUT2D eigenvalue weighted by molar-refractivity contribution is -0.137. The van der Waals surface area contributed by atoms with Gasteiger partial charge in [0.05, 0.1) is 0 Å². The van der Waals surface area contributed by atoms with E-state index in [1.807, 2.05) is 39.0 Å². The fraction of sp³-hybridized carbons (Fsp3) is 0.696. The van der Waals surface area contributed by atoms with Crippen LogP contribution in [-0.2, 0) is 9.59 Å². The van der Waals surface area contributed by atoms with Gasteiger partial charge in [-0.1, -0.05) is 39.5 Å². The summed E-state index contributed by atoms with van der Waals surface area (Å²) in [4.78, 5) is 44.4. The number of allylic oxidation sites excluding steroid dienone is 2. The van der Waals surface area contributed by atoms with E-state index in [-0.39, 0.29) is 11.6 Å². The molecule has 2 fully saturated rings. The van der Waals surface area contributed by atoms with Gasteiger partial charge in [-0.05, 0) is 50.2 Å². The topological polar surface area (TPSA) is 60.9 Å². The number of hydrogen-bond donors (Lipinski definition) is 0. The second-order valence-corrected chi connectivity index (χ2v) is 8.44. The third-order valence-corrected chi connectivity index (χ3v) is 5.71. The van der Waals surface area contributed by atoms with Gasteiger partial charge in [-0.15, -0.1) is 0 Å². The number of urea groups is 1. The van der Waals surface area contributed by atoms with E-state index in [0.29, 0.717) is 13.0 Å². The number of hydrogen-bond acceptors (Lipinski definition) is 4. The fourth-order valence-electron chi connectivity index (χ4n) is 4.14. The molecule has 29 heavy (non-hydrogen) atoms. The van der Waals surface area contributed by atoms with Crippen LogP contribution < -0.4 is 0 Å². The van der Waals surface area contributed by atoms with Crippen molar-refractivity contribution >= 4 is 17.8 Å². The molecule has 6 nitrogen and oxygen atoms in total. The Bertz CT molecular complexity index is 693. The Morgan fingerprint density at radius 3 is 2.31 bits per heavy atom. The van der Waals surface area contributed by atoms with Gasteiger partial charge in [-0.3, -0.25) is 19.4 Å². The van der Waals surface area contributed by atoms with Gasteiger partial charge in [-0.25, -0.2) is 4.79 Å². The molecule has 0 spiro atoms. The molecule has 162 valence electrons. The summed E-state index contributed by atoms with van der Waals surface area (Å²) in [5, 5.41) is 0. The first-order valence-corrected chi connectivity index (χ1v) is 11.1. The lowest BCUT2D eigenvalue weighted by Gasteiger charge is -2.38. The second kappa shape index (κ2) is 10.6. The number of barbiturate groups is 1. The van der Waals surface area contributed by atoms with Crippen molar-refractivity contribution in [1.82, 2.24) is 14.7 Å². The molecule has 0 aromatic rings. The Morgan fingerprint density at radius 2 is 1.69 bits per heavy atom. The molecule has 4 amide bonds. The molecule has 0 aromatic carbocycles. The highest BCUT2D eigenvalue weighted by molar-refractivity contribution is 6.29. The van der Waals surface area contributed by atoms with E-state index in [9.17, 15) is 14.4 Å². The van der Waals surface area contributed by atoms with Crippen molar-refractivity contribution in [3.05, 3.63) is 22.9 Å². The van der Waals surface area contributed by atoms with Crippen LogP contribution in [-0.4, -0.2) is 59.2 Å². The van der Waals surface area contributed by atoms with Crippen LogP contribution in [0.15, 0.2) is 22.9 Å². The first-order chi connectivity index (χ1) is 13.8. The first-order valence-electron chi connectivity index (χ1n) is 11.1. The number of rotatable bonds is 9. The summed E-state index contributed by atoms with van der Waals surface area (Å²) in [6, 6.07) is -0.657. The van der Waals surface area contributed by atoms with Crippen LogP contribution in [0.1, 0.15) is 78.6 Å². The quantitative estimate of drug-likeness (QED) is 0.324. The third-order valence-electron chi connectivity index (χ3n) is 5.71. The molecule has 1 saturated carbocycles. The number of carbonyl (C=O) groups is 3. The van der Waals surface area contributed by atoms with E-state index in [1.165, 1.54) is 9.80 Å². The van der Waals surface area contributed by atoms with Crippen molar-refractivity contribution in [1.29, 1.82) is 0 Å². The minimum absolute atomic E-state index is 0.211. The molecule has 1 aliphatic heterocycles. The van der Waals surface area contributed by atoms with Crippen molar-refractivity contribution in [2.75, 3.05) is 20.6 Å². The largest absolute Gasteiger partial charge is 0.383 e. The zero-order chi connectivity index (χ0) is 21.6. The van der Waals surface area contributed by atoms with E-state index >= 15 is 0 Å². The maximum Gasteiger partial charge on any atom is 0.334 e. The van der Waals surface area contributed by atoms with E-state index in [1.54, 1.807) is 0 Å². The highest BCUT2D eigenvalue weighted by Gasteiger charge is 2.45. The van der Waals surface area contributed by atoms with Crippen molar-refractivity contribution < 1.29 is 14.4 Å². The summed E-state index contributed by atoms with van der Waals surface area (Å²) >= 11 is 0. The van der Waals surface area contributed by atoms with Crippen molar-refractivity contribution in [2.24, 2.45) is 0 Å². The zero-order valence-electron chi connectivity index (χ0n) is 18.8. The molecule has 0 radical (unpaired) electrons. The Morgan fingerprint density at radius 1 is 1.00 bits per heavy atom. The SMILES string of the molecule is CCCCCC(C)N1C(=O)/C(=C2/CCC/C2=C\N(C)C)C(=O)N(CCCC)C1=O. The number of carbonyl (C=O) groups excluding carboxylic acids is 3. The third kappa shape index (κ3) is 5.28. The van der Waals surface area contributed by atoms with Gasteiger partial charge in [0, 0.05) is 32.9 Å². The molecule has 0 aromatic heterocycles. The van der Waals surface area contributed by atoms with Crippen LogP contribution in [0.4, 0.5) is 4.79 Å². The molecule has 1 unspecified atom stereocenters. The Labute approximate surface area is 175 Å². The molecule has 1 aliphatic carbocycles. The minimum Gasteiger partial charge on any atom is -0.383 e. The molecule has 1 heterocycles. The van der Waals surface area contributed by atoms with E-state index in [2.05, 4.69) is 6.92 Å². The standard InChI is InChI=1S/C23H37N3O3/c1-6-8-10-12-17(3)26-22(28)20(19-14-11-13-18(19)16-24(4)5)21(27)25(23(26)29)15-9-7-2/h16-17H,6-15H2,1-5H3/b18-16+,20-19-. The van der Waals surface area contributed by atoms with Gasteiger partial charge in [0.25, 0.3) is 11.8 Å². The van der Waals surface area contributed by atoms with E-state index in [0.717, 1.165) is 62.5 Å². The van der Waals surface area contributed by atoms with Gasteiger partial charge in [0.1, 0.15) is 5.57 Å². The molecule has 0 N–H and O–H groups in total. The molecule has 1 atom stereocenters. The van der Waals surface area contributed by atoms with Gasteiger partial charge in [0.15, 0.2) is 0 Å². The monoisotopic (exact) mass is 403 g/mol. The van der Waals surface area contributed by atoms with Crippen LogP contribution in [0.2, 0.25) is 0 Å². The predicted octanol–water partition coefficient (Wildman–Crippen LogP) is 4.47. The highest BCUT2D eigenvalue weighted by Crippen LogP contribution is 2.36. The average Bonchev–Trinajstić information content (AvgIpc) is 3.09. The maximum atomic E-state index is 13.4. The fourth-order valence-corrected chi connectivity index (χ4v) is 4.14. The molecule has 6 heteroatoms. The maximum absolute atomic E-state index is 13.4. The van der Waals surface area contributed by atoms with Crippen LogP contribution in [0.3, 0.4) is 0 Å². The van der Waals surface area contributed by atoms with Gasteiger partial charge >= 0.3 is 6.03 Å². The molecular weight excluding hydrogens is 366 g/mol. The Balaban J connectivity index is 2.46. The molecule has 2 rings (SSSR count). The number of amides is 4. The summed E-state index contributed by atoms with van der Waals surface area (Å²) in [5.74, 6) is -0.815. The molecule has 2 aliphatic rings. The molecular formula is C23H37N3O3. The number of unbranched alkanes of at least 4 members (excludes halogenated alkanes) is 3. The van der Waals surface area contributed by atoms with Crippen molar-refractivity contribution in [3.63, 3.8) is 0 Å². The lowest BCUT2D eigenvalue weighted by atomic mass is 9.97. The first kappa shape index (κ1) is 23.2. The Hall–Kier alpha value is -2.11. The average molecular weight is 404 g/mol. The van der Waals surface area contributed by atoms with Crippen LogP contribution in [0.25, 0.3) is 0 Å². The van der Waals surface area contributed by atoms with Crippen LogP contribution in [0, 0.1) is 0 Å². The zero-order valence-corrected chi connectivity index (χ0v) is 18.8. The summed E-state index contributed by atoms with van der Waals surface area (Å²) in [5.41, 5.74) is 2.08. The molecule has 1 saturated heterocycles. The summed E-state index contributed by atoms with van der Waals surface area (Å²) in [6.45, 7) is 6.45. The number of imide groups is 2. The number of nitrogens with zero attached hydrogens (tertiary/aromatic N) is 3. The van der Waals surface area contributed by atoms with Crippen LogP contribution >= 0.6 is 0 Å². The van der Waals surface area contributed by atoms with Gasteiger partial charge in [0.2, 0.25) is 0 Å². The van der Waals surface area contributed by atoms with Crippen LogP contribution in [0.5, 0.6) is 0 Å². The van der Waals surface area contributed by atoms with E-state index < -0.39 is 17.8 Å². The normalized spacial score (nSPS) is 22.8. The Kier molecular flexibility index (Phi) is 8.47. The van der Waals surface area contributed by atoms with Crippen molar-refractivity contribution in [3.8, 4) is 0 Å². The summed E-state index contributed by atoms with van der Waals surface area (Å²) < 4.78 is 0. The lowest BCUT2D eigenvalue weighted by Crippen LogP contribution is -2.59. The van der Waals surface area contributed by atoms with Gasteiger partial charge in [-0.2, -0.15) is 0 Å². The highest BCUT2D eigenvalue weighted by atomic mass is 16.2. The summed E-state index contributed by atoms with van der Waals surface area (Å²) in [6.07, 6.45) is 10.0. The molecule has 0 bridgehead atoms. The second-order valence-electron chi connectivity index (χ2n) is 8.44. The smallest absolute Gasteiger partial charge is 0.334 e. The summed E-state index contributed by atoms with van der Waals surface area (Å²) in [7, 11) is 3.88. The predicted molar refractivity (Wildman–Crippen MR) is 115 cm³/mol.